The fourth-order valence-electron chi connectivity index (χ4n) is 1.78. The summed E-state index contributed by atoms with van der Waals surface area (Å²) in [7, 11) is 1.71. The molecule has 120 valence electrons. The minimum atomic E-state index is -0.242. The van der Waals surface area contributed by atoms with Gasteiger partial charge in [0.1, 0.15) is 0 Å². The average Bonchev–Trinajstić information content (AvgIpc) is 2.74. The Balaban J connectivity index is 2.51. The Morgan fingerprint density at radius 3 is 2.57 bits per heavy atom. The maximum Gasteiger partial charge on any atom is 0.191 e. The molecule has 0 amide bonds. The molecule has 0 bridgehead atoms. The first-order valence-corrected chi connectivity index (χ1v) is 8.20. The smallest absolute Gasteiger partial charge is 0.191 e. The number of nitrogens with zero attached hydrogens (tertiary/aromatic N) is 2. The maximum absolute atomic E-state index is 5.39. The molecular weight excluding hydrogens is 284 g/mol. The largest absolute Gasteiger partial charge is 0.377 e. The van der Waals surface area contributed by atoms with E-state index in [9.17, 15) is 0 Å². The quantitative estimate of drug-likeness (QED) is 0.599. The van der Waals surface area contributed by atoms with Gasteiger partial charge in [-0.15, -0.1) is 11.3 Å². The van der Waals surface area contributed by atoms with Gasteiger partial charge in [0.05, 0.1) is 22.8 Å². The zero-order valence-corrected chi connectivity index (χ0v) is 14.9. The van der Waals surface area contributed by atoms with Crippen molar-refractivity contribution in [2.24, 2.45) is 4.99 Å². The van der Waals surface area contributed by atoms with E-state index in [1.807, 2.05) is 20.8 Å². The van der Waals surface area contributed by atoms with Gasteiger partial charge in [0.25, 0.3) is 0 Å². The monoisotopic (exact) mass is 312 g/mol. The minimum absolute atomic E-state index is 0.242. The third kappa shape index (κ3) is 6.44. The van der Waals surface area contributed by atoms with Crippen molar-refractivity contribution in [1.82, 2.24) is 15.6 Å². The molecule has 0 saturated carbocycles. The van der Waals surface area contributed by atoms with Crippen LogP contribution in [0.5, 0.6) is 0 Å². The van der Waals surface area contributed by atoms with Gasteiger partial charge in [0.15, 0.2) is 5.96 Å². The molecule has 21 heavy (non-hydrogen) atoms. The molecule has 0 aliphatic rings. The Labute approximate surface area is 132 Å². The number of methoxy groups -OCH3 is 1. The molecule has 1 aromatic rings. The van der Waals surface area contributed by atoms with Crippen molar-refractivity contribution in [3.63, 3.8) is 0 Å². The zero-order chi connectivity index (χ0) is 15.9. The Morgan fingerprint density at radius 2 is 2.05 bits per heavy atom. The summed E-state index contributed by atoms with van der Waals surface area (Å²) >= 11 is 1.77. The van der Waals surface area contributed by atoms with Crippen LogP contribution < -0.4 is 10.6 Å². The van der Waals surface area contributed by atoms with Crippen molar-refractivity contribution in [2.45, 2.75) is 46.6 Å². The number of hydrogen-bond acceptors (Lipinski definition) is 4. The summed E-state index contributed by atoms with van der Waals surface area (Å²) in [5.74, 6) is 0.835. The van der Waals surface area contributed by atoms with E-state index in [-0.39, 0.29) is 5.60 Å². The predicted octanol–water partition coefficient (Wildman–Crippen LogP) is 2.28. The van der Waals surface area contributed by atoms with E-state index in [1.54, 1.807) is 18.4 Å². The van der Waals surface area contributed by atoms with Gasteiger partial charge >= 0.3 is 0 Å². The molecule has 1 aromatic heterocycles. The Bertz CT molecular complexity index is 468. The lowest BCUT2D eigenvalue weighted by molar-refractivity contribution is 0.0310. The van der Waals surface area contributed by atoms with Crippen LogP contribution in [0.1, 0.15) is 36.3 Å². The third-order valence-corrected chi connectivity index (χ3v) is 4.29. The maximum atomic E-state index is 5.39. The lowest BCUT2D eigenvalue weighted by Gasteiger charge is -2.21. The summed E-state index contributed by atoms with van der Waals surface area (Å²) in [5, 5.41) is 7.75. The summed E-state index contributed by atoms with van der Waals surface area (Å²) in [6.45, 7) is 12.6. The van der Waals surface area contributed by atoms with Gasteiger partial charge in [0, 0.05) is 31.5 Å². The van der Waals surface area contributed by atoms with Crippen LogP contribution in [0.25, 0.3) is 0 Å². The van der Waals surface area contributed by atoms with Gasteiger partial charge in [-0.25, -0.2) is 4.98 Å². The van der Waals surface area contributed by atoms with Crippen LogP contribution in [0.4, 0.5) is 0 Å². The molecule has 0 saturated heterocycles. The summed E-state index contributed by atoms with van der Waals surface area (Å²) in [6, 6.07) is 0. The van der Waals surface area contributed by atoms with Crippen LogP contribution in [0.15, 0.2) is 4.99 Å². The van der Waals surface area contributed by atoms with Crippen molar-refractivity contribution >= 4 is 17.3 Å². The second kappa shape index (κ2) is 8.34. The van der Waals surface area contributed by atoms with Crippen LogP contribution in [-0.4, -0.2) is 43.3 Å². The molecule has 6 heteroatoms. The third-order valence-electron chi connectivity index (χ3n) is 3.16. The molecule has 0 fully saturated rings. The van der Waals surface area contributed by atoms with Crippen LogP contribution in [0.2, 0.25) is 0 Å². The van der Waals surface area contributed by atoms with Crippen molar-refractivity contribution < 1.29 is 4.74 Å². The number of rotatable bonds is 7. The standard InChI is InChI=1S/C15H28N4OS/c1-7-16-14(18-10-15(4,5)20-6)17-9-8-13-11(2)19-12(3)21-13/h7-10H2,1-6H3,(H2,16,17,18). The number of nitrogens with one attached hydrogen (secondary N) is 2. The van der Waals surface area contributed by atoms with E-state index in [0.29, 0.717) is 6.54 Å². The van der Waals surface area contributed by atoms with Gasteiger partial charge in [-0.1, -0.05) is 0 Å². The highest BCUT2D eigenvalue weighted by Gasteiger charge is 2.15. The predicted molar refractivity (Wildman–Crippen MR) is 90.4 cm³/mol. The molecule has 1 rings (SSSR count). The fourth-order valence-corrected chi connectivity index (χ4v) is 2.71. The van der Waals surface area contributed by atoms with Crippen LogP contribution >= 0.6 is 11.3 Å². The molecule has 0 atom stereocenters. The van der Waals surface area contributed by atoms with Crippen molar-refractivity contribution in [2.75, 3.05) is 26.7 Å². The van der Waals surface area contributed by atoms with Gasteiger partial charge < -0.3 is 15.4 Å². The van der Waals surface area contributed by atoms with E-state index in [1.165, 1.54) is 4.88 Å². The molecule has 0 radical (unpaired) electrons. The van der Waals surface area contributed by atoms with E-state index >= 15 is 0 Å². The normalized spacial score (nSPS) is 12.6. The molecule has 0 aromatic carbocycles. The Morgan fingerprint density at radius 1 is 1.33 bits per heavy atom. The molecular formula is C15H28N4OS. The lowest BCUT2D eigenvalue weighted by atomic mass is 10.1. The van der Waals surface area contributed by atoms with Gasteiger partial charge in [-0.2, -0.15) is 0 Å². The van der Waals surface area contributed by atoms with E-state index < -0.39 is 0 Å². The number of hydrogen-bond donors (Lipinski definition) is 2. The second-order valence-corrected chi connectivity index (χ2v) is 6.86. The minimum Gasteiger partial charge on any atom is -0.377 e. The Kier molecular flexibility index (Phi) is 7.11. The Hall–Kier alpha value is -1.14. The number of aryl methyl sites for hydroxylation is 2. The number of aromatic nitrogens is 1. The molecule has 5 nitrogen and oxygen atoms in total. The van der Waals surface area contributed by atoms with Crippen LogP contribution in [0.3, 0.4) is 0 Å². The van der Waals surface area contributed by atoms with Gasteiger partial charge in [-0.3, -0.25) is 4.99 Å². The molecule has 2 N–H and O–H groups in total. The molecule has 0 spiro atoms. The number of aliphatic imine (C=N–C) groups is 1. The van der Waals surface area contributed by atoms with E-state index in [4.69, 9.17) is 4.74 Å². The molecule has 0 aliphatic heterocycles. The lowest BCUT2D eigenvalue weighted by Crippen LogP contribution is -2.40. The average molecular weight is 312 g/mol. The van der Waals surface area contributed by atoms with Crippen molar-refractivity contribution in [3.8, 4) is 0 Å². The number of ether oxygens (including phenoxy) is 1. The summed E-state index contributed by atoms with van der Waals surface area (Å²) in [4.78, 5) is 10.4. The van der Waals surface area contributed by atoms with E-state index in [0.717, 1.165) is 36.2 Å². The van der Waals surface area contributed by atoms with Gasteiger partial charge in [0.2, 0.25) is 0 Å². The van der Waals surface area contributed by atoms with Crippen LogP contribution in [0, 0.1) is 13.8 Å². The summed E-state index contributed by atoms with van der Waals surface area (Å²) < 4.78 is 5.39. The highest BCUT2D eigenvalue weighted by Crippen LogP contribution is 2.17. The molecule has 0 aliphatic carbocycles. The molecule has 0 unspecified atom stereocenters. The number of thiazole rings is 1. The first kappa shape index (κ1) is 17.9. The molecule has 1 heterocycles. The summed E-state index contributed by atoms with van der Waals surface area (Å²) in [5.41, 5.74) is 0.898. The van der Waals surface area contributed by atoms with Crippen LogP contribution in [-0.2, 0) is 11.2 Å². The summed E-state index contributed by atoms with van der Waals surface area (Å²) in [6.07, 6.45) is 0.968. The van der Waals surface area contributed by atoms with Crippen molar-refractivity contribution in [3.05, 3.63) is 15.6 Å². The van der Waals surface area contributed by atoms with Gasteiger partial charge in [-0.05, 0) is 34.6 Å². The first-order valence-electron chi connectivity index (χ1n) is 7.38. The fraction of sp³-hybridized carbons (Fsp3) is 0.733. The first-order chi connectivity index (χ1) is 9.88. The highest BCUT2D eigenvalue weighted by atomic mass is 32.1. The number of guanidine groups is 1. The van der Waals surface area contributed by atoms with E-state index in [2.05, 4.69) is 34.5 Å². The van der Waals surface area contributed by atoms with Crippen molar-refractivity contribution in [1.29, 1.82) is 0 Å². The highest BCUT2D eigenvalue weighted by molar-refractivity contribution is 7.11. The topological polar surface area (TPSA) is 58.5 Å². The second-order valence-electron chi connectivity index (χ2n) is 5.58. The zero-order valence-electron chi connectivity index (χ0n) is 14.0. The SMILES string of the molecule is CCNC(=NCC(C)(C)OC)NCCc1sc(C)nc1C.